The summed E-state index contributed by atoms with van der Waals surface area (Å²) in [5, 5.41) is 14.6. The van der Waals surface area contributed by atoms with Gasteiger partial charge in [0, 0.05) is 0 Å². The van der Waals surface area contributed by atoms with Crippen molar-refractivity contribution in [2.45, 2.75) is 26.4 Å². The van der Waals surface area contributed by atoms with Crippen molar-refractivity contribution in [3.63, 3.8) is 0 Å². The minimum Gasteiger partial charge on any atom is -0.544 e. The first-order chi connectivity index (χ1) is 7.29. The molecule has 1 amide bonds. The third-order valence-corrected chi connectivity index (χ3v) is 2.38. The van der Waals surface area contributed by atoms with Crippen LogP contribution in [0.25, 0.3) is 0 Å². The summed E-state index contributed by atoms with van der Waals surface area (Å²) < 4.78 is 4.99. The second-order valence-electron chi connectivity index (χ2n) is 4.08. The summed E-state index contributed by atoms with van der Waals surface area (Å²) in [6.45, 7) is 5.17. The Morgan fingerprint density at radius 1 is 1.41 bits per heavy atom. The summed E-state index contributed by atoms with van der Waals surface area (Å²) in [5.41, 5.74) is -0.430. The summed E-state index contributed by atoms with van der Waals surface area (Å²) >= 11 is 0.985. The summed E-state index contributed by atoms with van der Waals surface area (Å²) in [6, 6.07) is 1.49. The number of rotatable bonds is 2. The number of carboxylic acid groups (broad SMARTS) is 1. The standard InChI is InChI=1S/C10H13NO4S.Na/c1-10(2,3)15-9(14)11-6-4-5-16-7(6)8(12)13;/h4-5H,1-3H3,(H,11,14)(H,12,13);/q;+1/p-1. The number of anilines is 1. The van der Waals surface area contributed by atoms with Crippen molar-refractivity contribution in [1.29, 1.82) is 0 Å². The first kappa shape index (κ1) is 16.4. The van der Waals surface area contributed by atoms with Gasteiger partial charge in [0.15, 0.2) is 0 Å². The molecule has 0 unspecified atom stereocenters. The van der Waals surface area contributed by atoms with Crippen LogP contribution in [0.15, 0.2) is 11.4 Å². The van der Waals surface area contributed by atoms with Gasteiger partial charge in [-0.15, -0.1) is 11.3 Å². The number of carbonyl (C=O) groups excluding carboxylic acids is 2. The van der Waals surface area contributed by atoms with E-state index in [-0.39, 0.29) is 40.1 Å². The normalized spacial score (nSPS) is 10.3. The Morgan fingerprint density at radius 3 is 2.47 bits per heavy atom. The molecule has 0 aliphatic carbocycles. The van der Waals surface area contributed by atoms with E-state index in [1.54, 1.807) is 26.2 Å². The number of carboxylic acids is 1. The number of ether oxygens (including phenoxy) is 1. The second-order valence-corrected chi connectivity index (χ2v) is 4.99. The zero-order valence-corrected chi connectivity index (χ0v) is 13.0. The zero-order chi connectivity index (χ0) is 12.3. The largest absolute Gasteiger partial charge is 1.00 e. The quantitative estimate of drug-likeness (QED) is 0.658. The molecule has 0 fully saturated rings. The van der Waals surface area contributed by atoms with Gasteiger partial charge in [-0.25, -0.2) is 4.79 Å². The maximum Gasteiger partial charge on any atom is 1.00 e. The Labute approximate surface area is 125 Å². The van der Waals surface area contributed by atoms with Gasteiger partial charge in [0.1, 0.15) is 5.60 Å². The van der Waals surface area contributed by atoms with E-state index in [4.69, 9.17) is 4.74 Å². The molecule has 0 aromatic carbocycles. The van der Waals surface area contributed by atoms with E-state index in [1.165, 1.54) is 6.07 Å². The first-order valence-corrected chi connectivity index (χ1v) is 5.46. The predicted octanol–water partition coefficient (Wildman–Crippen LogP) is -1.54. The van der Waals surface area contributed by atoms with Crippen LogP contribution in [0, 0.1) is 0 Å². The summed E-state index contributed by atoms with van der Waals surface area (Å²) in [5.74, 6) is -1.32. The second kappa shape index (κ2) is 6.39. The van der Waals surface area contributed by atoms with Crippen molar-refractivity contribution in [2.24, 2.45) is 0 Å². The molecule has 1 aromatic rings. The van der Waals surface area contributed by atoms with Crippen molar-refractivity contribution in [1.82, 2.24) is 0 Å². The molecule has 5 nitrogen and oxygen atoms in total. The zero-order valence-electron chi connectivity index (χ0n) is 10.2. The van der Waals surface area contributed by atoms with Gasteiger partial charge in [-0.2, -0.15) is 0 Å². The molecule has 0 radical (unpaired) electrons. The van der Waals surface area contributed by atoms with Gasteiger partial charge in [-0.3, -0.25) is 5.32 Å². The minimum absolute atomic E-state index is 0. The summed E-state index contributed by atoms with van der Waals surface area (Å²) in [7, 11) is 0. The number of hydrogen-bond acceptors (Lipinski definition) is 5. The first-order valence-electron chi connectivity index (χ1n) is 4.58. The average Bonchev–Trinajstić information content (AvgIpc) is 2.47. The molecule has 1 aromatic heterocycles. The predicted molar refractivity (Wildman–Crippen MR) is 58.5 cm³/mol. The van der Waals surface area contributed by atoms with E-state index in [1.807, 2.05) is 0 Å². The van der Waals surface area contributed by atoms with E-state index < -0.39 is 17.7 Å². The van der Waals surface area contributed by atoms with Gasteiger partial charge in [0.05, 0.1) is 16.5 Å². The van der Waals surface area contributed by atoms with Gasteiger partial charge in [-0.05, 0) is 32.2 Å². The summed E-state index contributed by atoms with van der Waals surface area (Å²) in [6.07, 6.45) is -0.687. The molecule has 88 valence electrons. The van der Waals surface area contributed by atoms with E-state index in [0.717, 1.165) is 11.3 Å². The molecule has 17 heavy (non-hydrogen) atoms. The minimum atomic E-state index is -1.32. The third kappa shape index (κ3) is 5.54. The van der Waals surface area contributed by atoms with Crippen LogP contribution in [0.4, 0.5) is 10.5 Å². The fourth-order valence-electron chi connectivity index (χ4n) is 0.979. The van der Waals surface area contributed by atoms with Crippen LogP contribution in [0.2, 0.25) is 0 Å². The number of hydrogen-bond donors (Lipinski definition) is 1. The molecule has 7 heteroatoms. The van der Waals surface area contributed by atoms with Crippen molar-refractivity contribution >= 4 is 29.1 Å². The van der Waals surface area contributed by atoms with Gasteiger partial charge >= 0.3 is 35.7 Å². The molecule has 0 aliphatic rings. The Hall–Kier alpha value is -0.560. The fourth-order valence-corrected chi connectivity index (χ4v) is 1.66. The molecule has 1 N–H and O–H groups in total. The van der Waals surface area contributed by atoms with E-state index in [2.05, 4.69) is 5.32 Å². The van der Waals surface area contributed by atoms with Gasteiger partial charge in [-0.1, -0.05) is 0 Å². The fraction of sp³-hybridized carbons (Fsp3) is 0.400. The van der Waals surface area contributed by atoms with Crippen LogP contribution in [0.1, 0.15) is 30.4 Å². The van der Waals surface area contributed by atoms with E-state index in [0.29, 0.717) is 0 Å². The van der Waals surface area contributed by atoms with Crippen molar-refractivity contribution in [3.8, 4) is 0 Å². The monoisotopic (exact) mass is 265 g/mol. The van der Waals surface area contributed by atoms with E-state index >= 15 is 0 Å². The Kier molecular flexibility index (Phi) is 6.18. The Balaban J connectivity index is 0.00000256. The molecule has 0 spiro atoms. The molecule has 1 rings (SSSR count). The maximum atomic E-state index is 11.4. The number of amides is 1. The number of aromatic carboxylic acids is 1. The van der Waals surface area contributed by atoms with Crippen molar-refractivity contribution < 1.29 is 49.0 Å². The average molecular weight is 265 g/mol. The Morgan fingerprint density at radius 2 is 2.00 bits per heavy atom. The van der Waals surface area contributed by atoms with Crippen LogP contribution < -0.4 is 40.0 Å². The molecule has 0 saturated heterocycles. The van der Waals surface area contributed by atoms with Crippen molar-refractivity contribution in [2.75, 3.05) is 5.32 Å². The SMILES string of the molecule is CC(C)(C)OC(=O)Nc1ccsc1C(=O)[O-].[Na+]. The van der Waals surface area contributed by atoms with Gasteiger partial charge < -0.3 is 14.6 Å². The molecule has 0 bridgehead atoms. The number of thiophene rings is 1. The Bertz CT molecular complexity index is 411. The van der Waals surface area contributed by atoms with Gasteiger partial charge in [0.2, 0.25) is 0 Å². The smallest absolute Gasteiger partial charge is 0.544 e. The van der Waals surface area contributed by atoms with Crippen LogP contribution in [-0.4, -0.2) is 17.7 Å². The molecular formula is C10H12NNaO4S. The van der Waals surface area contributed by atoms with Crippen LogP contribution in [0.5, 0.6) is 0 Å². The number of nitrogens with one attached hydrogen (secondary N) is 1. The van der Waals surface area contributed by atoms with Crippen LogP contribution >= 0.6 is 11.3 Å². The van der Waals surface area contributed by atoms with Crippen LogP contribution in [0.3, 0.4) is 0 Å². The topological polar surface area (TPSA) is 78.5 Å². The van der Waals surface area contributed by atoms with Gasteiger partial charge in [0.25, 0.3) is 0 Å². The number of carbonyl (C=O) groups is 2. The maximum absolute atomic E-state index is 11.4. The molecule has 0 atom stereocenters. The molecular weight excluding hydrogens is 253 g/mol. The molecule has 0 saturated carbocycles. The van der Waals surface area contributed by atoms with Crippen LogP contribution in [-0.2, 0) is 4.74 Å². The van der Waals surface area contributed by atoms with Crippen molar-refractivity contribution in [3.05, 3.63) is 16.3 Å². The molecule has 1 heterocycles. The molecule has 0 aliphatic heterocycles. The summed E-state index contributed by atoms with van der Waals surface area (Å²) in [4.78, 5) is 22.0. The third-order valence-electron chi connectivity index (χ3n) is 1.49. The van der Waals surface area contributed by atoms with E-state index in [9.17, 15) is 14.7 Å².